The monoisotopic (exact) mass is 191 g/mol. The zero-order valence-corrected chi connectivity index (χ0v) is 7.36. The van der Waals surface area contributed by atoms with Crippen LogP contribution in [0.25, 0.3) is 0 Å². The highest BCUT2D eigenvalue weighted by Crippen LogP contribution is 2.38. The topological polar surface area (TPSA) is 12.0 Å². The molecule has 2 heteroatoms. The predicted molar refractivity (Wildman–Crippen MR) is 44.1 cm³/mol. The average molecular weight is 192 g/mol. The second-order valence-electron chi connectivity index (χ2n) is 3.16. The van der Waals surface area contributed by atoms with Gasteiger partial charge in [-0.3, -0.25) is 0 Å². The van der Waals surface area contributed by atoms with E-state index in [1.807, 2.05) is 0 Å². The van der Waals surface area contributed by atoms with Crippen molar-refractivity contribution in [2.75, 3.05) is 6.54 Å². The van der Waals surface area contributed by atoms with Gasteiger partial charge in [0.25, 0.3) is 0 Å². The Bertz CT molecular complexity index is 91.1. The van der Waals surface area contributed by atoms with Crippen molar-refractivity contribution in [1.29, 1.82) is 0 Å². The molecule has 0 amide bonds. The van der Waals surface area contributed by atoms with Gasteiger partial charge in [-0.05, 0) is 38.6 Å². The molecule has 1 aliphatic carbocycles. The van der Waals surface area contributed by atoms with Crippen LogP contribution in [0.1, 0.15) is 32.1 Å². The lowest BCUT2D eigenvalue weighted by molar-refractivity contribution is 0.216. The number of halogens is 1. The van der Waals surface area contributed by atoms with Crippen molar-refractivity contribution in [1.82, 2.24) is 5.32 Å². The molecule has 54 valence electrons. The predicted octanol–water partition coefficient (Wildman–Crippen LogP) is 1.87. The number of nitrogens with one attached hydrogen (secondary N) is 1. The van der Waals surface area contributed by atoms with Crippen LogP contribution in [-0.4, -0.2) is 12.1 Å². The van der Waals surface area contributed by atoms with E-state index in [4.69, 9.17) is 0 Å². The lowest BCUT2D eigenvalue weighted by Gasteiger charge is -2.38. The Morgan fingerprint density at radius 3 is 1.89 bits per heavy atom. The highest BCUT2D eigenvalue weighted by molar-refractivity contribution is 8.93. The smallest absolute Gasteiger partial charge is 0.0182 e. The summed E-state index contributed by atoms with van der Waals surface area (Å²) >= 11 is 0. The molecular weight excluding hydrogens is 178 g/mol. The molecule has 1 N–H and O–H groups in total. The van der Waals surface area contributed by atoms with Crippen LogP contribution in [-0.2, 0) is 0 Å². The molecule has 2 fully saturated rings. The van der Waals surface area contributed by atoms with Gasteiger partial charge in [-0.15, -0.1) is 17.0 Å². The molecule has 1 spiro atoms. The molecule has 0 unspecified atom stereocenters. The summed E-state index contributed by atoms with van der Waals surface area (Å²) in [6, 6.07) is 0. The minimum atomic E-state index is 0. The van der Waals surface area contributed by atoms with Crippen LogP contribution >= 0.6 is 17.0 Å². The van der Waals surface area contributed by atoms with Crippen LogP contribution in [0.3, 0.4) is 0 Å². The van der Waals surface area contributed by atoms with Crippen LogP contribution in [0.2, 0.25) is 0 Å². The van der Waals surface area contributed by atoms with Crippen molar-refractivity contribution >= 4 is 17.0 Å². The zero-order valence-electron chi connectivity index (χ0n) is 5.65. The summed E-state index contributed by atoms with van der Waals surface area (Å²) in [7, 11) is 0. The Morgan fingerprint density at radius 1 is 1.00 bits per heavy atom. The Kier molecular flexibility index (Phi) is 2.17. The van der Waals surface area contributed by atoms with Crippen LogP contribution < -0.4 is 5.32 Å². The number of hydrogen-bond acceptors (Lipinski definition) is 1. The van der Waals surface area contributed by atoms with E-state index in [9.17, 15) is 0 Å². The van der Waals surface area contributed by atoms with Crippen LogP contribution in [0, 0.1) is 0 Å². The molecule has 9 heavy (non-hydrogen) atoms. The Hall–Kier alpha value is 0.440. The van der Waals surface area contributed by atoms with Crippen LogP contribution in [0.15, 0.2) is 0 Å². The molecule has 1 heterocycles. The fraction of sp³-hybridized carbons (Fsp3) is 1.00. The van der Waals surface area contributed by atoms with Crippen molar-refractivity contribution in [3.63, 3.8) is 0 Å². The quantitative estimate of drug-likeness (QED) is 0.617. The van der Waals surface area contributed by atoms with Gasteiger partial charge < -0.3 is 5.32 Å². The highest BCUT2D eigenvalue weighted by atomic mass is 79.9. The summed E-state index contributed by atoms with van der Waals surface area (Å²) in [5.41, 5.74) is 0.667. The van der Waals surface area contributed by atoms with Crippen molar-refractivity contribution < 1.29 is 0 Å². The van der Waals surface area contributed by atoms with Crippen molar-refractivity contribution in [2.24, 2.45) is 0 Å². The van der Waals surface area contributed by atoms with Gasteiger partial charge in [-0.2, -0.15) is 0 Å². The highest BCUT2D eigenvalue weighted by Gasteiger charge is 2.38. The van der Waals surface area contributed by atoms with Crippen LogP contribution in [0.5, 0.6) is 0 Å². The first-order chi connectivity index (χ1) is 3.91. The van der Waals surface area contributed by atoms with Crippen molar-refractivity contribution in [3.05, 3.63) is 0 Å². The summed E-state index contributed by atoms with van der Waals surface area (Å²) in [4.78, 5) is 0. The first kappa shape index (κ1) is 7.55. The summed E-state index contributed by atoms with van der Waals surface area (Å²) in [5.74, 6) is 0. The molecule has 0 atom stereocenters. The standard InChI is InChI=1S/C7H13N.BrH/c1-3-7(4-1)5-2-6-8-7;/h8H,1-6H2;1H. The summed E-state index contributed by atoms with van der Waals surface area (Å²) < 4.78 is 0. The maximum atomic E-state index is 3.57. The Balaban J connectivity index is 0.000000405. The third-order valence-corrected chi connectivity index (χ3v) is 2.64. The Labute approximate surface area is 67.0 Å². The van der Waals surface area contributed by atoms with Crippen molar-refractivity contribution in [2.45, 2.75) is 37.6 Å². The molecule has 1 saturated heterocycles. The molecule has 0 radical (unpaired) electrons. The third-order valence-electron chi connectivity index (χ3n) is 2.64. The van der Waals surface area contributed by atoms with Gasteiger partial charge in [-0.25, -0.2) is 0 Å². The molecule has 0 aromatic rings. The maximum absolute atomic E-state index is 3.57. The molecule has 0 aromatic carbocycles. The molecule has 0 aromatic heterocycles. The first-order valence-corrected chi connectivity index (χ1v) is 3.66. The average Bonchev–Trinajstić information content (AvgIpc) is 2.07. The van der Waals surface area contributed by atoms with Gasteiger partial charge in [-0.1, -0.05) is 0 Å². The normalized spacial score (nSPS) is 29.3. The molecule has 1 aliphatic heterocycles. The molecular formula is C7H14BrN. The fourth-order valence-electron chi connectivity index (χ4n) is 1.90. The second kappa shape index (κ2) is 2.59. The van der Waals surface area contributed by atoms with E-state index in [2.05, 4.69) is 5.32 Å². The van der Waals surface area contributed by atoms with Crippen molar-refractivity contribution in [3.8, 4) is 0 Å². The van der Waals surface area contributed by atoms with E-state index in [1.165, 1.54) is 38.6 Å². The number of rotatable bonds is 0. The summed E-state index contributed by atoms with van der Waals surface area (Å²) in [5, 5.41) is 3.57. The van der Waals surface area contributed by atoms with E-state index >= 15 is 0 Å². The van der Waals surface area contributed by atoms with Gasteiger partial charge in [0, 0.05) is 5.54 Å². The zero-order chi connectivity index (χ0) is 5.45. The van der Waals surface area contributed by atoms with E-state index < -0.39 is 0 Å². The third kappa shape index (κ3) is 1.15. The molecule has 0 bridgehead atoms. The van der Waals surface area contributed by atoms with Crippen LogP contribution in [0.4, 0.5) is 0 Å². The Morgan fingerprint density at radius 2 is 1.67 bits per heavy atom. The van der Waals surface area contributed by atoms with Gasteiger partial charge in [0.05, 0.1) is 0 Å². The second-order valence-corrected chi connectivity index (χ2v) is 3.16. The fourth-order valence-corrected chi connectivity index (χ4v) is 1.90. The summed E-state index contributed by atoms with van der Waals surface area (Å²) in [6.45, 7) is 1.28. The molecule has 2 aliphatic rings. The van der Waals surface area contributed by atoms with Gasteiger partial charge in [0.15, 0.2) is 0 Å². The van der Waals surface area contributed by atoms with Gasteiger partial charge in [0.1, 0.15) is 0 Å². The largest absolute Gasteiger partial charge is 0.311 e. The first-order valence-electron chi connectivity index (χ1n) is 3.66. The lowest BCUT2D eigenvalue weighted by Crippen LogP contribution is -2.45. The number of hydrogen-bond donors (Lipinski definition) is 1. The maximum Gasteiger partial charge on any atom is 0.0182 e. The van der Waals surface area contributed by atoms with Gasteiger partial charge in [0.2, 0.25) is 0 Å². The molecule has 2 rings (SSSR count). The lowest BCUT2D eigenvalue weighted by atomic mass is 9.76. The van der Waals surface area contributed by atoms with E-state index in [1.54, 1.807) is 0 Å². The SMILES string of the molecule is Br.C1CNC2(C1)CCC2. The van der Waals surface area contributed by atoms with Gasteiger partial charge >= 0.3 is 0 Å². The molecule has 1 saturated carbocycles. The van der Waals surface area contributed by atoms with E-state index in [0.29, 0.717) is 5.54 Å². The summed E-state index contributed by atoms with van der Waals surface area (Å²) in [6.07, 6.45) is 7.24. The van der Waals surface area contributed by atoms with E-state index in [-0.39, 0.29) is 17.0 Å². The van der Waals surface area contributed by atoms with E-state index in [0.717, 1.165) is 0 Å². The minimum Gasteiger partial charge on any atom is -0.311 e. The minimum absolute atomic E-state index is 0. The molecule has 1 nitrogen and oxygen atoms in total.